The minimum Gasteiger partial charge on any atom is -0.334 e. The molecule has 2 aromatic rings. The molecule has 1 fully saturated rings. The highest BCUT2D eigenvalue weighted by Gasteiger charge is 2.32. The van der Waals surface area contributed by atoms with Gasteiger partial charge in [-0.3, -0.25) is 9.69 Å². The summed E-state index contributed by atoms with van der Waals surface area (Å²) < 4.78 is 15.4. The molecule has 152 valence electrons. The van der Waals surface area contributed by atoms with Crippen molar-refractivity contribution in [3.8, 4) is 0 Å². The second-order valence-corrected chi connectivity index (χ2v) is 8.29. The Labute approximate surface area is 167 Å². The van der Waals surface area contributed by atoms with Gasteiger partial charge in [0.1, 0.15) is 11.6 Å². The average Bonchev–Trinajstić information content (AvgIpc) is 3.05. The van der Waals surface area contributed by atoms with Crippen molar-refractivity contribution in [3.63, 3.8) is 0 Å². The summed E-state index contributed by atoms with van der Waals surface area (Å²) >= 11 is 0. The molecule has 1 amide bonds. The summed E-state index contributed by atoms with van der Waals surface area (Å²) in [5.41, 5.74) is 0.962. The molecule has 1 aromatic carbocycles. The average molecular weight is 387 g/mol. The Morgan fingerprint density at radius 1 is 1.14 bits per heavy atom. The maximum Gasteiger partial charge on any atom is 0.224 e. The van der Waals surface area contributed by atoms with Crippen LogP contribution >= 0.6 is 0 Å². The summed E-state index contributed by atoms with van der Waals surface area (Å²) in [4.78, 5) is 21.8. The van der Waals surface area contributed by atoms with E-state index >= 15 is 0 Å². The molecule has 0 saturated carbocycles. The molecular weight excluding hydrogens is 355 g/mol. The van der Waals surface area contributed by atoms with E-state index in [4.69, 9.17) is 0 Å². The number of benzene rings is 1. The molecule has 1 aromatic heterocycles. The van der Waals surface area contributed by atoms with E-state index in [1.165, 1.54) is 12.1 Å². The second kappa shape index (κ2) is 8.86. The maximum atomic E-state index is 13.2. The Balaban J connectivity index is 1.77. The molecule has 0 unspecified atom stereocenters. The molecule has 0 radical (unpaired) electrons. The molecule has 0 N–H and O–H groups in total. The van der Waals surface area contributed by atoms with Gasteiger partial charge < -0.3 is 9.47 Å². The SMILES string of the molecule is CC(C)[C@@H]1CN(Cc2nccn2C(C)C)CCC(=O)N1Cc1ccc(F)cc1. The van der Waals surface area contributed by atoms with Crippen LogP contribution in [0.5, 0.6) is 0 Å². The van der Waals surface area contributed by atoms with Crippen LogP contribution in [0.4, 0.5) is 4.39 Å². The van der Waals surface area contributed by atoms with Crippen molar-refractivity contribution in [2.75, 3.05) is 13.1 Å². The number of rotatable bonds is 6. The summed E-state index contributed by atoms with van der Waals surface area (Å²) in [6.45, 7) is 11.4. The van der Waals surface area contributed by atoms with Crippen molar-refractivity contribution in [3.05, 3.63) is 53.9 Å². The Kier molecular flexibility index (Phi) is 6.50. The smallest absolute Gasteiger partial charge is 0.224 e. The van der Waals surface area contributed by atoms with Crippen LogP contribution in [0, 0.1) is 11.7 Å². The molecule has 1 aliphatic heterocycles. The third-order valence-corrected chi connectivity index (χ3v) is 5.51. The summed E-state index contributed by atoms with van der Waals surface area (Å²) in [5, 5.41) is 0. The number of carbonyl (C=O) groups is 1. The van der Waals surface area contributed by atoms with E-state index in [-0.39, 0.29) is 17.8 Å². The number of aromatic nitrogens is 2. The zero-order valence-electron chi connectivity index (χ0n) is 17.3. The van der Waals surface area contributed by atoms with Crippen LogP contribution in [0.15, 0.2) is 36.7 Å². The Morgan fingerprint density at radius 2 is 1.86 bits per heavy atom. The topological polar surface area (TPSA) is 41.4 Å². The molecule has 0 spiro atoms. The van der Waals surface area contributed by atoms with Gasteiger partial charge in [0.25, 0.3) is 0 Å². The Hall–Kier alpha value is -2.21. The minimum atomic E-state index is -0.252. The van der Waals surface area contributed by atoms with E-state index in [2.05, 4.69) is 42.1 Å². The maximum absolute atomic E-state index is 13.2. The van der Waals surface area contributed by atoms with E-state index in [9.17, 15) is 9.18 Å². The number of carbonyl (C=O) groups excluding carboxylic acids is 1. The first-order valence-corrected chi connectivity index (χ1v) is 10.1. The molecule has 28 heavy (non-hydrogen) atoms. The van der Waals surface area contributed by atoms with Gasteiger partial charge in [-0.2, -0.15) is 0 Å². The van der Waals surface area contributed by atoms with Crippen molar-refractivity contribution >= 4 is 5.91 Å². The van der Waals surface area contributed by atoms with Gasteiger partial charge in [-0.25, -0.2) is 9.37 Å². The molecule has 0 bridgehead atoms. The van der Waals surface area contributed by atoms with Crippen molar-refractivity contribution in [1.82, 2.24) is 19.4 Å². The van der Waals surface area contributed by atoms with Crippen LogP contribution < -0.4 is 0 Å². The second-order valence-electron chi connectivity index (χ2n) is 8.29. The number of hydrogen-bond donors (Lipinski definition) is 0. The minimum absolute atomic E-state index is 0.113. The van der Waals surface area contributed by atoms with E-state index < -0.39 is 0 Å². The van der Waals surface area contributed by atoms with E-state index in [1.807, 2.05) is 17.3 Å². The van der Waals surface area contributed by atoms with Crippen LogP contribution in [-0.4, -0.2) is 44.4 Å². The van der Waals surface area contributed by atoms with Crippen molar-refractivity contribution in [2.24, 2.45) is 5.92 Å². The van der Waals surface area contributed by atoms with Gasteiger partial charge in [-0.1, -0.05) is 26.0 Å². The summed E-state index contributed by atoms with van der Waals surface area (Å²) in [7, 11) is 0. The molecule has 0 aliphatic carbocycles. The van der Waals surface area contributed by atoms with E-state index in [0.717, 1.165) is 31.0 Å². The summed E-state index contributed by atoms with van der Waals surface area (Å²) in [6.07, 6.45) is 4.36. The largest absolute Gasteiger partial charge is 0.334 e. The van der Waals surface area contributed by atoms with E-state index in [0.29, 0.717) is 24.9 Å². The molecule has 5 nitrogen and oxygen atoms in total. The van der Waals surface area contributed by atoms with Crippen molar-refractivity contribution in [2.45, 2.75) is 59.3 Å². The molecular formula is C22H31FN4O. The predicted molar refractivity (Wildman–Crippen MR) is 108 cm³/mol. The molecule has 2 heterocycles. The quantitative estimate of drug-likeness (QED) is 0.757. The lowest BCUT2D eigenvalue weighted by Gasteiger charge is -2.35. The zero-order chi connectivity index (χ0) is 20.3. The summed E-state index contributed by atoms with van der Waals surface area (Å²) in [5.74, 6) is 1.28. The fraction of sp³-hybridized carbons (Fsp3) is 0.545. The lowest BCUT2D eigenvalue weighted by Crippen LogP contribution is -2.46. The number of amides is 1. The van der Waals surface area contributed by atoms with Gasteiger partial charge >= 0.3 is 0 Å². The zero-order valence-corrected chi connectivity index (χ0v) is 17.3. The van der Waals surface area contributed by atoms with Gasteiger partial charge in [0, 0.05) is 50.5 Å². The Morgan fingerprint density at radius 3 is 2.50 bits per heavy atom. The first-order chi connectivity index (χ1) is 13.3. The Bertz CT molecular complexity index is 784. The first kappa shape index (κ1) is 20.5. The highest BCUT2D eigenvalue weighted by molar-refractivity contribution is 5.77. The predicted octanol–water partition coefficient (Wildman–Crippen LogP) is 3.86. The number of halogens is 1. The van der Waals surface area contributed by atoms with Crippen LogP contribution in [0.1, 0.15) is 51.5 Å². The van der Waals surface area contributed by atoms with Crippen LogP contribution in [-0.2, 0) is 17.9 Å². The first-order valence-electron chi connectivity index (χ1n) is 10.1. The van der Waals surface area contributed by atoms with Gasteiger partial charge in [0.2, 0.25) is 5.91 Å². The van der Waals surface area contributed by atoms with Gasteiger partial charge in [0.05, 0.1) is 6.54 Å². The standard InChI is InChI=1S/C22H31FN4O/c1-16(2)20-14-25(15-21-24-10-12-26(21)17(3)4)11-9-22(28)27(20)13-18-5-7-19(23)8-6-18/h5-8,10,12,16-17,20H,9,11,13-15H2,1-4H3/t20-/m0/s1. The molecule has 1 saturated heterocycles. The number of hydrogen-bond acceptors (Lipinski definition) is 3. The third-order valence-electron chi connectivity index (χ3n) is 5.51. The third kappa shape index (κ3) is 4.79. The summed E-state index contributed by atoms with van der Waals surface area (Å²) in [6, 6.07) is 6.93. The molecule has 3 rings (SSSR count). The molecule has 1 aliphatic rings. The van der Waals surface area contributed by atoms with Gasteiger partial charge in [-0.15, -0.1) is 0 Å². The van der Waals surface area contributed by atoms with Crippen LogP contribution in [0.3, 0.4) is 0 Å². The molecule has 6 heteroatoms. The van der Waals surface area contributed by atoms with Crippen molar-refractivity contribution < 1.29 is 9.18 Å². The highest BCUT2D eigenvalue weighted by atomic mass is 19.1. The number of imidazole rings is 1. The fourth-order valence-electron chi connectivity index (χ4n) is 3.88. The van der Waals surface area contributed by atoms with E-state index in [1.54, 1.807) is 12.1 Å². The fourth-order valence-corrected chi connectivity index (χ4v) is 3.88. The highest BCUT2D eigenvalue weighted by Crippen LogP contribution is 2.22. The lowest BCUT2D eigenvalue weighted by molar-refractivity contribution is -0.134. The lowest BCUT2D eigenvalue weighted by atomic mass is 10.0. The monoisotopic (exact) mass is 386 g/mol. The van der Waals surface area contributed by atoms with Gasteiger partial charge in [0.15, 0.2) is 0 Å². The number of nitrogens with zero attached hydrogens (tertiary/aromatic N) is 4. The molecule has 1 atom stereocenters. The van der Waals surface area contributed by atoms with Crippen molar-refractivity contribution in [1.29, 1.82) is 0 Å². The van der Waals surface area contributed by atoms with Gasteiger partial charge in [-0.05, 0) is 37.5 Å². The normalized spacial score (nSPS) is 18.9. The van der Waals surface area contributed by atoms with Crippen LogP contribution in [0.2, 0.25) is 0 Å². The van der Waals surface area contributed by atoms with Crippen LogP contribution in [0.25, 0.3) is 0 Å².